The summed E-state index contributed by atoms with van der Waals surface area (Å²) in [6, 6.07) is 0. The second-order valence-electron chi connectivity index (χ2n) is 6.99. The first-order valence-electron chi connectivity index (χ1n) is 9.53. The average Bonchev–Trinajstić information content (AvgIpc) is 3.33. The second-order valence-corrected chi connectivity index (χ2v) is 8.07. The molecule has 0 atom stereocenters. The minimum Gasteiger partial charge on any atom is -0.405 e. The molecule has 158 valence electrons. The summed E-state index contributed by atoms with van der Waals surface area (Å²) in [4.78, 5) is 16.3. The van der Waals surface area contributed by atoms with Crippen molar-refractivity contribution in [2.24, 2.45) is 24.9 Å². The quantitative estimate of drug-likeness (QED) is 0.309. The molecule has 3 N–H and O–H groups in total. The molecule has 3 aromatic rings. The molecule has 3 rings (SSSR count). The number of aldehydes is 1. The van der Waals surface area contributed by atoms with Crippen LogP contribution >= 0.6 is 11.3 Å². The smallest absolute Gasteiger partial charge is 0.167 e. The first kappa shape index (κ1) is 21.4. The maximum atomic E-state index is 11.7. The van der Waals surface area contributed by atoms with Crippen molar-refractivity contribution >= 4 is 39.9 Å². The molecule has 0 unspecified atom stereocenters. The number of allylic oxidation sites excluding steroid dienone is 1. The molecule has 0 bridgehead atoms. The van der Waals surface area contributed by atoms with Crippen molar-refractivity contribution in [3.05, 3.63) is 46.0 Å². The number of thiazole rings is 1. The highest BCUT2D eigenvalue weighted by Gasteiger charge is 2.19. The maximum Gasteiger partial charge on any atom is 0.167 e. The zero-order valence-corrected chi connectivity index (χ0v) is 18.4. The molecule has 0 spiro atoms. The number of nitrogens with one attached hydrogen (secondary N) is 1. The molecule has 0 saturated carbocycles. The number of aromatic nitrogens is 4. The van der Waals surface area contributed by atoms with Crippen LogP contribution in [0, 0.1) is 5.41 Å². The van der Waals surface area contributed by atoms with Gasteiger partial charge in [-0.25, -0.2) is 4.98 Å². The third-order valence-corrected chi connectivity index (χ3v) is 5.82. The minimum absolute atomic E-state index is 0.379. The number of carbonyl (C=O) groups is 1. The summed E-state index contributed by atoms with van der Waals surface area (Å²) in [5.74, 6) is 0. The van der Waals surface area contributed by atoms with Crippen LogP contribution < -0.4 is 5.73 Å². The molecule has 10 heteroatoms. The SMILES string of the molecule is CCc1cn(C)nc1CN(C)/N=C\c1c(C=O)n(C)c2nc(CC(=N)/C=C\N)sc12. The number of hydrazone groups is 1. The van der Waals surface area contributed by atoms with Gasteiger partial charge in [0.15, 0.2) is 11.9 Å². The van der Waals surface area contributed by atoms with Crippen molar-refractivity contribution in [2.75, 3.05) is 7.05 Å². The molecule has 0 aliphatic carbocycles. The van der Waals surface area contributed by atoms with E-state index in [9.17, 15) is 4.79 Å². The van der Waals surface area contributed by atoms with Gasteiger partial charge in [0.25, 0.3) is 0 Å². The second kappa shape index (κ2) is 9.04. The molecule has 0 fully saturated rings. The predicted molar refractivity (Wildman–Crippen MR) is 120 cm³/mol. The van der Waals surface area contributed by atoms with Crippen LogP contribution in [0.25, 0.3) is 10.3 Å². The number of hydrogen-bond acceptors (Lipinski definition) is 8. The zero-order valence-electron chi connectivity index (χ0n) is 17.6. The molecule has 0 radical (unpaired) electrons. The van der Waals surface area contributed by atoms with Gasteiger partial charge in [-0.15, -0.1) is 11.3 Å². The molecule has 0 amide bonds. The molecular weight excluding hydrogens is 400 g/mol. The topological polar surface area (TPSA) is 118 Å². The lowest BCUT2D eigenvalue weighted by atomic mass is 10.2. The van der Waals surface area contributed by atoms with E-state index in [0.717, 1.165) is 33.7 Å². The fourth-order valence-electron chi connectivity index (χ4n) is 3.28. The van der Waals surface area contributed by atoms with E-state index in [1.165, 1.54) is 23.1 Å². The Balaban J connectivity index is 1.88. The number of rotatable bonds is 9. The van der Waals surface area contributed by atoms with Gasteiger partial charge in [0.1, 0.15) is 5.01 Å². The minimum atomic E-state index is 0.379. The number of fused-ring (bicyclic) bond motifs is 1. The molecular formula is C20H26N8OS. The normalized spacial score (nSPS) is 11.9. The van der Waals surface area contributed by atoms with E-state index in [1.54, 1.807) is 21.9 Å². The molecule has 3 aromatic heterocycles. The fraction of sp³-hybridized carbons (Fsp3) is 0.350. The van der Waals surface area contributed by atoms with Gasteiger partial charge in [-0.05, 0) is 24.3 Å². The Labute approximate surface area is 179 Å². The van der Waals surface area contributed by atoms with Crippen LogP contribution in [0.5, 0.6) is 0 Å². The van der Waals surface area contributed by atoms with Crippen molar-refractivity contribution in [1.82, 2.24) is 24.3 Å². The van der Waals surface area contributed by atoms with E-state index in [0.29, 0.717) is 30.0 Å². The van der Waals surface area contributed by atoms with E-state index in [4.69, 9.17) is 11.1 Å². The van der Waals surface area contributed by atoms with Gasteiger partial charge in [0, 0.05) is 45.0 Å². The largest absolute Gasteiger partial charge is 0.405 e. The highest BCUT2D eigenvalue weighted by Crippen LogP contribution is 2.29. The summed E-state index contributed by atoms with van der Waals surface area (Å²) >= 11 is 1.46. The summed E-state index contributed by atoms with van der Waals surface area (Å²) < 4.78 is 4.45. The molecule has 9 nitrogen and oxygen atoms in total. The summed E-state index contributed by atoms with van der Waals surface area (Å²) in [5, 5.41) is 19.6. The predicted octanol–water partition coefficient (Wildman–Crippen LogP) is 2.24. The van der Waals surface area contributed by atoms with Crippen LogP contribution in [-0.2, 0) is 33.5 Å². The Morgan fingerprint density at radius 2 is 2.20 bits per heavy atom. The number of nitrogens with zero attached hydrogens (tertiary/aromatic N) is 6. The van der Waals surface area contributed by atoms with Crippen molar-refractivity contribution < 1.29 is 4.79 Å². The van der Waals surface area contributed by atoms with E-state index < -0.39 is 0 Å². The number of aryl methyl sites for hydroxylation is 3. The molecule has 3 heterocycles. The lowest BCUT2D eigenvalue weighted by Crippen LogP contribution is -2.13. The fourth-order valence-corrected chi connectivity index (χ4v) is 4.41. The van der Waals surface area contributed by atoms with Crippen LogP contribution in [-0.4, -0.2) is 49.6 Å². The first-order chi connectivity index (χ1) is 14.4. The van der Waals surface area contributed by atoms with Gasteiger partial charge in [-0.2, -0.15) is 10.2 Å². The van der Waals surface area contributed by atoms with Gasteiger partial charge in [0.05, 0.1) is 28.8 Å². The van der Waals surface area contributed by atoms with E-state index >= 15 is 0 Å². The summed E-state index contributed by atoms with van der Waals surface area (Å²) in [5.41, 5.74) is 9.88. The van der Waals surface area contributed by atoms with Crippen LogP contribution in [0.1, 0.15) is 39.2 Å². The average molecular weight is 427 g/mol. The van der Waals surface area contributed by atoms with Crippen molar-refractivity contribution in [3.63, 3.8) is 0 Å². The third kappa shape index (κ3) is 4.33. The lowest BCUT2D eigenvalue weighted by Gasteiger charge is -2.11. The van der Waals surface area contributed by atoms with Crippen LogP contribution in [0.15, 0.2) is 23.6 Å². The summed E-state index contributed by atoms with van der Waals surface area (Å²) in [7, 11) is 5.60. The van der Waals surface area contributed by atoms with E-state index in [-0.39, 0.29) is 0 Å². The number of carbonyl (C=O) groups excluding carboxylic acids is 1. The molecule has 0 saturated heterocycles. The third-order valence-electron chi connectivity index (χ3n) is 4.74. The maximum absolute atomic E-state index is 11.7. The highest BCUT2D eigenvalue weighted by molar-refractivity contribution is 7.19. The van der Waals surface area contributed by atoms with E-state index in [1.807, 2.05) is 32.0 Å². The van der Waals surface area contributed by atoms with Gasteiger partial charge < -0.3 is 15.7 Å². The first-order valence-corrected chi connectivity index (χ1v) is 10.3. The summed E-state index contributed by atoms with van der Waals surface area (Å²) in [6.45, 7) is 2.68. The Hall–Kier alpha value is -3.27. The van der Waals surface area contributed by atoms with Crippen molar-refractivity contribution in [2.45, 2.75) is 26.3 Å². The Kier molecular flexibility index (Phi) is 6.46. The van der Waals surface area contributed by atoms with E-state index in [2.05, 4.69) is 22.1 Å². The number of nitrogens with two attached hydrogens (primary N) is 1. The Morgan fingerprint density at radius 1 is 1.43 bits per heavy atom. The molecule has 0 aliphatic heterocycles. The van der Waals surface area contributed by atoms with Gasteiger partial charge in [-0.3, -0.25) is 14.5 Å². The molecule has 30 heavy (non-hydrogen) atoms. The van der Waals surface area contributed by atoms with Crippen LogP contribution in [0.4, 0.5) is 0 Å². The number of hydrogen-bond donors (Lipinski definition) is 2. The van der Waals surface area contributed by atoms with Crippen molar-refractivity contribution in [1.29, 1.82) is 5.41 Å². The molecule has 0 aliphatic rings. The van der Waals surface area contributed by atoms with Crippen LogP contribution in [0.3, 0.4) is 0 Å². The monoisotopic (exact) mass is 426 g/mol. The van der Waals surface area contributed by atoms with Crippen LogP contribution in [0.2, 0.25) is 0 Å². The van der Waals surface area contributed by atoms with Gasteiger partial charge >= 0.3 is 0 Å². The van der Waals surface area contributed by atoms with Gasteiger partial charge in [-0.1, -0.05) is 6.92 Å². The summed E-state index contributed by atoms with van der Waals surface area (Å²) in [6.07, 6.45) is 8.74. The Bertz CT molecular complexity index is 1130. The Morgan fingerprint density at radius 3 is 2.87 bits per heavy atom. The highest BCUT2D eigenvalue weighted by atomic mass is 32.1. The van der Waals surface area contributed by atoms with Crippen molar-refractivity contribution in [3.8, 4) is 0 Å². The van der Waals surface area contributed by atoms with Gasteiger partial charge in [0.2, 0.25) is 0 Å². The molecule has 0 aromatic carbocycles. The standard InChI is InChI=1S/C20H26N8OS/c1-5-13-10-27(3)25-16(13)11-26(2)23-9-15-17(12-29)28(4)20-19(15)30-18(24-20)8-14(22)6-7-21/h6-7,9-10,12,22H,5,8,11,21H2,1-4H3/b7-6-,22-14?,23-9-. The lowest BCUT2D eigenvalue weighted by molar-refractivity contribution is 0.111. The zero-order chi connectivity index (χ0) is 21.8.